The van der Waals surface area contributed by atoms with E-state index in [2.05, 4.69) is 15.9 Å². The Hall–Kier alpha value is -0.890. The second-order valence-corrected chi connectivity index (χ2v) is 8.26. The summed E-state index contributed by atoms with van der Waals surface area (Å²) in [6.45, 7) is 0.787. The molecular weight excluding hydrogens is 348 g/mol. The average molecular weight is 359 g/mol. The molecule has 1 aromatic heterocycles. The lowest BCUT2D eigenvalue weighted by molar-refractivity contribution is 0.433. The molecule has 0 fully saturated rings. The average Bonchev–Trinajstić information content (AvgIpc) is 2.94. The van der Waals surface area contributed by atoms with Gasteiger partial charge in [-0.3, -0.25) is 0 Å². The molecule has 19 heavy (non-hydrogen) atoms. The molecule has 0 saturated heterocycles. The summed E-state index contributed by atoms with van der Waals surface area (Å²) in [6.07, 6.45) is 0. The third-order valence-corrected chi connectivity index (χ3v) is 7.52. The van der Waals surface area contributed by atoms with Gasteiger partial charge in [-0.25, -0.2) is 8.42 Å². The summed E-state index contributed by atoms with van der Waals surface area (Å²) < 4.78 is 27.5. The van der Waals surface area contributed by atoms with Gasteiger partial charge < -0.3 is 5.73 Å². The summed E-state index contributed by atoms with van der Waals surface area (Å²) in [6, 6.07) is 7.28. The molecule has 2 aromatic rings. The highest BCUT2D eigenvalue weighted by Crippen LogP contribution is 2.35. The van der Waals surface area contributed by atoms with Gasteiger partial charge in [0.15, 0.2) is 0 Å². The highest BCUT2D eigenvalue weighted by Gasteiger charge is 2.32. The first kappa shape index (κ1) is 13.1. The second kappa shape index (κ2) is 4.59. The summed E-state index contributed by atoms with van der Waals surface area (Å²) in [5, 5.41) is 1.76. The Morgan fingerprint density at radius 3 is 2.63 bits per heavy atom. The van der Waals surface area contributed by atoms with Gasteiger partial charge in [-0.2, -0.15) is 4.31 Å². The SMILES string of the molecule is Nc1ccc2c(c1)CN(S(=O)(=O)c1sccc1Br)C2. The topological polar surface area (TPSA) is 63.4 Å². The van der Waals surface area contributed by atoms with E-state index < -0.39 is 10.0 Å². The van der Waals surface area contributed by atoms with E-state index in [9.17, 15) is 8.42 Å². The van der Waals surface area contributed by atoms with Gasteiger partial charge in [0, 0.05) is 23.2 Å². The number of nitrogens with zero attached hydrogens (tertiary/aromatic N) is 1. The van der Waals surface area contributed by atoms with Crippen molar-refractivity contribution < 1.29 is 8.42 Å². The highest BCUT2D eigenvalue weighted by molar-refractivity contribution is 9.10. The van der Waals surface area contributed by atoms with Crippen molar-refractivity contribution in [3.8, 4) is 0 Å². The van der Waals surface area contributed by atoms with Crippen LogP contribution >= 0.6 is 27.3 Å². The van der Waals surface area contributed by atoms with Gasteiger partial charge in [0.2, 0.25) is 0 Å². The number of rotatable bonds is 2. The van der Waals surface area contributed by atoms with Gasteiger partial charge in [0.05, 0.1) is 0 Å². The molecule has 1 aliphatic heterocycles. The van der Waals surface area contributed by atoms with Crippen LogP contribution in [0.3, 0.4) is 0 Å². The molecule has 0 radical (unpaired) electrons. The number of nitrogens with two attached hydrogens (primary N) is 1. The van der Waals surface area contributed by atoms with Crippen LogP contribution in [0.4, 0.5) is 5.69 Å². The number of nitrogen functional groups attached to an aromatic ring is 1. The molecule has 0 spiro atoms. The standard InChI is InChI=1S/C12H11BrN2O2S2/c13-11-3-4-18-12(11)19(16,17)15-6-8-1-2-10(14)5-9(8)7-15/h1-5H,6-7,14H2. The Kier molecular flexibility index (Phi) is 3.17. The van der Waals surface area contributed by atoms with Crippen LogP contribution in [0, 0.1) is 0 Å². The Balaban J connectivity index is 1.97. The van der Waals surface area contributed by atoms with Crippen LogP contribution < -0.4 is 5.73 Å². The predicted molar refractivity (Wildman–Crippen MR) is 79.3 cm³/mol. The molecule has 3 rings (SSSR count). The Morgan fingerprint density at radius 2 is 1.95 bits per heavy atom. The molecule has 0 atom stereocenters. The minimum absolute atomic E-state index is 0.355. The molecule has 1 aromatic carbocycles. The molecule has 0 aliphatic carbocycles. The van der Waals surface area contributed by atoms with Gasteiger partial charge in [-0.05, 0) is 50.6 Å². The lowest BCUT2D eigenvalue weighted by atomic mass is 10.1. The molecule has 7 heteroatoms. The zero-order chi connectivity index (χ0) is 13.6. The van der Waals surface area contributed by atoms with Crippen molar-refractivity contribution in [2.24, 2.45) is 0 Å². The minimum atomic E-state index is -3.44. The molecule has 4 nitrogen and oxygen atoms in total. The zero-order valence-corrected chi connectivity index (χ0v) is 13.1. The number of sulfonamides is 1. The van der Waals surface area contributed by atoms with Gasteiger partial charge >= 0.3 is 0 Å². The third-order valence-electron chi connectivity index (χ3n) is 3.08. The van der Waals surface area contributed by atoms with Crippen molar-refractivity contribution in [3.05, 3.63) is 45.2 Å². The van der Waals surface area contributed by atoms with Crippen molar-refractivity contribution in [1.29, 1.82) is 0 Å². The van der Waals surface area contributed by atoms with E-state index in [1.54, 1.807) is 17.5 Å². The number of hydrogen-bond acceptors (Lipinski definition) is 4. The summed E-state index contributed by atoms with van der Waals surface area (Å²) >= 11 is 4.50. The monoisotopic (exact) mass is 358 g/mol. The van der Waals surface area contributed by atoms with Crippen LogP contribution in [0.2, 0.25) is 0 Å². The lowest BCUT2D eigenvalue weighted by Crippen LogP contribution is -2.25. The van der Waals surface area contributed by atoms with Crippen molar-refractivity contribution in [3.63, 3.8) is 0 Å². The molecule has 0 bridgehead atoms. The van der Waals surface area contributed by atoms with Crippen LogP contribution in [0.5, 0.6) is 0 Å². The Labute approximate surface area is 124 Å². The first-order valence-corrected chi connectivity index (χ1v) is 8.70. The molecule has 2 heterocycles. The fraction of sp³-hybridized carbons (Fsp3) is 0.167. The van der Waals surface area contributed by atoms with Crippen LogP contribution in [-0.2, 0) is 23.1 Å². The fourth-order valence-electron chi connectivity index (χ4n) is 2.13. The largest absolute Gasteiger partial charge is 0.399 e. The maximum atomic E-state index is 12.5. The van der Waals surface area contributed by atoms with E-state index in [1.807, 2.05) is 12.1 Å². The van der Waals surface area contributed by atoms with Crippen molar-refractivity contribution in [2.45, 2.75) is 17.3 Å². The number of anilines is 1. The maximum absolute atomic E-state index is 12.5. The minimum Gasteiger partial charge on any atom is -0.399 e. The molecule has 1 aliphatic rings. The van der Waals surface area contributed by atoms with E-state index in [0.29, 0.717) is 27.5 Å². The van der Waals surface area contributed by atoms with E-state index in [4.69, 9.17) is 5.73 Å². The highest BCUT2D eigenvalue weighted by atomic mass is 79.9. The normalized spacial score (nSPS) is 15.6. The third kappa shape index (κ3) is 2.20. The zero-order valence-electron chi connectivity index (χ0n) is 9.84. The summed E-state index contributed by atoms with van der Waals surface area (Å²) in [5.41, 5.74) is 8.39. The van der Waals surface area contributed by atoms with E-state index in [1.165, 1.54) is 15.6 Å². The first-order chi connectivity index (χ1) is 8.98. The smallest absolute Gasteiger partial charge is 0.254 e. The number of fused-ring (bicyclic) bond motifs is 1. The van der Waals surface area contributed by atoms with Crippen LogP contribution in [-0.4, -0.2) is 12.7 Å². The number of halogens is 1. The van der Waals surface area contributed by atoms with Crippen LogP contribution in [0.1, 0.15) is 11.1 Å². The summed E-state index contributed by atoms with van der Waals surface area (Å²) in [7, 11) is -3.44. The second-order valence-electron chi connectivity index (χ2n) is 4.36. The van der Waals surface area contributed by atoms with Gasteiger partial charge in [-0.15, -0.1) is 11.3 Å². The first-order valence-electron chi connectivity index (χ1n) is 5.59. The molecule has 100 valence electrons. The maximum Gasteiger partial charge on any atom is 0.254 e. The molecular formula is C12H11BrN2O2S2. The number of thiophene rings is 1. The van der Waals surface area contributed by atoms with Gasteiger partial charge in [0.1, 0.15) is 4.21 Å². The fourth-order valence-corrected chi connectivity index (χ4v) is 5.98. The molecule has 0 amide bonds. The van der Waals surface area contributed by atoms with Crippen LogP contribution in [0.15, 0.2) is 38.3 Å². The number of hydrogen-bond donors (Lipinski definition) is 1. The molecule has 0 unspecified atom stereocenters. The van der Waals surface area contributed by atoms with E-state index in [-0.39, 0.29) is 0 Å². The Bertz CT molecular complexity index is 740. The van der Waals surface area contributed by atoms with E-state index >= 15 is 0 Å². The van der Waals surface area contributed by atoms with E-state index in [0.717, 1.165) is 11.1 Å². The number of benzene rings is 1. The van der Waals surface area contributed by atoms with Crippen molar-refractivity contribution in [2.75, 3.05) is 5.73 Å². The van der Waals surface area contributed by atoms with Crippen molar-refractivity contribution >= 4 is 43.0 Å². The Morgan fingerprint density at radius 1 is 1.21 bits per heavy atom. The lowest BCUT2D eigenvalue weighted by Gasteiger charge is -2.14. The van der Waals surface area contributed by atoms with Gasteiger partial charge in [0.25, 0.3) is 10.0 Å². The summed E-state index contributed by atoms with van der Waals surface area (Å²) in [5.74, 6) is 0. The van der Waals surface area contributed by atoms with Crippen LogP contribution in [0.25, 0.3) is 0 Å². The molecule has 2 N–H and O–H groups in total. The summed E-state index contributed by atoms with van der Waals surface area (Å²) in [4.78, 5) is 0. The van der Waals surface area contributed by atoms with Gasteiger partial charge in [-0.1, -0.05) is 6.07 Å². The van der Waals surface area contributed by atoms with Crippen molar-refractivity contribution in [1.82, 2.24) is 4.31 Å². The molecule has 0 saturated carbocycles. The quantitative estimate of drug-likeness (QED) is 0.839. The predicted octanol–water partition coefficient (Wildman–Crippen LogP) is 2.80.